The molecule has 1 saturated heterocycles. The number of amides is 1. The Kier molecular flexibility index (Phi) is 10.5. The minimum Gasteiger partial charge on any atom is -0.387 e. The molecular weight excluding hydrogens is 358 g/mol. The third-order valence-electron chi connectivity index (χ3n) is 4.64. The van der Waals surface area contributed by atoms with E-state index >= 15 is 0 Å². The lowest BCUT2D eigenvalue weighted by atomic mass is 10.0. The Morgan fingerprint density at radius 3 is 2.67 bits per heavy atom. The molecule has 6 heteroatoms. The zero-order valence-corrected chi connectivity index (χ0v) is 18.4. The normalized spacial score (nSPS) is 17.3. The Hall–Kier alpha value is -1.53. The number of anilines is 1. The van der Waals surface area contributed by atoms with Crippen molar-refractivity contribution in [3.05, 3.63) is 23.3 Å². The number of rotatable bonds is 7. The van der Waals surface area contributed by atoms with Gasteiger partial charge >= 0.3 is 0 Å². The second-order valence-corrected chi connectivity index (χ2v) is 7.88. The Balaban J connectivity index is 0.00000176. The molecule has 2 atom stereocenters. The van der Waals surface area contributed by atoms with Crippen LogP contribution in [0.25, 0.3) is 0 Å². The first-order chi connectivity index (χ1) is 13.0. The second kappa shape index (κ2) is 12.0. The molecule has 1 aliphatic rings. The van der Waals surface area contributed by atoms with Gasteiger partial charge in [-0.1, -0.05) is 13.8 Å². The summed E-state index contributed by atoms with van der Waals surface area (Å²) in [6.45, 7) is 12.5. The van der Waals surface area contributed by atoms with Gasteiger partial charge in [-0.3, -0.25) is 4.79 Å². The number of aryl methyl sites for hydroxylation is 1. The Morgan fingerprint density at radius 2 is 2.15 bits per heavy atom. The van der Waals surface area contributed by atoms with Crippen LogP contribution in [0.15, 0.2) is 17.0 Å². The average Bonchev–Trinajstić information content (AvgIpc) is 2.70. The van der Waals surface area contributed by atoms with Crippen molar-refractivity contribution in [2.75, 3.05) is 32.0 Å². The van der Waals surface area contributed by atoms with Crippen molar-refractivity contribution in [3.8, 4) is 0 Å². The molecule has 1 aliphatic heterocycles. The number of nitrogens with one attached hydrogen (secondary N) is 2. The fourth-order valence-electron chi connectivity index (χ4n) is 3.25. The van der Waals surface area contributed by atoms with Crippen molar-refractivity contribution in [1.29, 1.82) is 0 Å². The fourth-order valence-corrected chi connectivity index (χ4v) is 4.24. The second-order valence-electron chi connectivity index (χ2n) is 6.46. The van der Waals surface area contributed by atoms with E-state index < -0.39 is 0 Å². The van der Waals surface area contributed by atoms with Gasteiger partial charge in [0.25, 0.3) is 5.91 Å². The predicted octanol–water partition coefficient (Wildman–Crippen LogP) is 3.96. The lowest BCUT2D eigenvalue weighted by Gasteiger charge is -2.34. The molecule has 0 aromatic heterocycles. The maximum absolute atomic E-state index is 13.2. The van der Waals surface area contributed by atoms with Gasteiger partial charge in [0.1, 0.15) is 6.29 Å². The summed E-state index contributed by atoms with van der Waals surface area (Å²) in [4.78, 5) is 27.1. The zero-order valence-electron chi connectivity index (χ0n) is 17.6. The van der Waals surface area contributed by atoms with E-state index in [1.54, 1.807) is 0 Å². The number of nitrogens with zero attached hydrogens (tertiary/aromatic N) is 1. The number of hydrogen-bond acceptors (Lipinski definition) is 5. The van der Waals surface area contributed by atoms with Crippen molar-refractivity contribution < 1.29 is 9.59 Å². The van der Waals surface area contributed by atoms with E-state index in [-0.39, 0.29) is 17.2 Å². The average molecular weight is 394 g/mol. The number of hydrogen-bond donors (Lipinski definition) is 2. The van der Waals surface area contributed by atoms with Crippen LogP contribution >= 0.6 is 11.8 Å². The monoisotopic (exact) mass is 393 g/mol. The zero-order chi connectivity index (χ0) is 20.4. The van der Waals surface area contributed by atoms with Crippen LogP contribution in [0.2, 0.25) is 0 Å². The fraction of sp³-hybridized carbons (Fsp3) is 0.619. The molecule has 0 spiro atoms. The van der Waals surface area contributed by atoms with Crippen molar-refractivity contribution in [3.63, 3.8) is 0 Å². The highest BCUT2D eigenvalue weighted by Crippen LogP contribution is 2.33. The van der Waals surface area contributed by atoms with Crippen LogP contribution in [0.1, 0.15) is 56.5 Å². The van der Waals surface area contributed by atoms with Gasteiger partial charge in [-0.2, -0.15) is 0 Å². The molecule has 1 fully saturated rings. The minimum atomic E-state index is -0.117. The van der Waals surface area contributed by atoms with Gasteiger partial charge in [0.05, 0.1) is 5.25 Å². The molecule has 1 aromatic rings. The first-order valence-corrected chi connectivity index (χ1v) is 10.9. The summed E-state index contributed by atoms with van der Waals surface area (Å²) in [5.74, 6) is 0.0881. The molecule has 2 N–H and O–H groups in total. The van der Waals surface area contributed by atoms with E-state index in [9.17, 15) is 9.59 Å². The molecular formula is C21H35N3O2S. The van der Waals surface area contributed by atoms with E-state index in [1.165, 1.54) is 11.8 Å². The Labute approximate surface area is 168 Å². The van der Waals surface area contributed by atoms with Gasteiger partial charge in [0, 0.05) is 42.3 Å². The highest BCUT2D eigenvalue weighted by atomic mass is 32.2. The summed E-state index contributed by atoms with van der Waals surface area (Å²) in [6, 6.07) is 4.19. The molecule has 1 aromatic carbocycles. The van der Waals surface area contributed by atoms with Crippen molar-refractivity contribution >= 4 is 29.6 Å². The van der Waals surface area contributed by atoms with Gasteiger partial charge in [-0.05, 0) is 57.9 Å². The quantitative estimate of drug-likeness (QED) is 0.542. The maximum Gasteiger partial charge on any atom is 0.254 e. The first kappa shape index (κ1) is 23.5. The molecule has 0 radical (unpaired) electrons. The number of carbonyl (C=O) groups is 2. The van der Waals surface area contributed by atoms with Crippen molar-refractivity contribution in [2.45, 2.75) is 63.6 Å². The van der Waals surface area contributed by atoms with Gasteiger partial charge < -0.3 is 20.3 Å². The number of thioether (sulfide) groups is 1. The number of aldehydes is 1. The molecule has 1 unspecified atom stereocenters. The topological polar surface area (TPSA) is 61.4 Å². The van der Waals surface area contributed by atoms with E-state index in [2.05, 4.69) is 10.6 Å². The summed E-state index contributed by atoms with van der Waals surface area (Å²) in [7, 11) is 1.84. The van der Waals surface area contributed by atoms with E-state index in [1.807, 2.05) is 58.7 Å². The van der Waals surface area contributed by atoms with Crippen LogP contribution in [-0.4, -0.2) is 55.1 Å². The molecule has 27 heavy (non-hydrogen) atoms. The van der Waals surface area contributed by atoms with Crippen molar-refractivity contribution in [1.82, 2.24) is 10.2 Å². The van der Waals surface area contributed by atoms with Crippen LogP contribution in [-0.2, 0) is 4.79 Å². The molecule has 0 aliphatic carbocycles. The molecule has 0 bridgehead atoms. The molecule has 2 rings (SSSR count). The predicted molar refractivity (Wildman–Crippen MR) is 116 cm³/mol. The van der Waals surface area contributed by atoms with E-state index in [0.29, 0.717) is 6.54 Å². The van der Waals surface area contributed by atoms with Crippen LogP contribution < -0.4 is 10.6 Å². The van der Waals surface area contributed by atoms with E-state index in [0.717, 1.165) is 53.9 Å². The van der Waals surface area contributed by atoms with Crippen LogP contribution in [0.5, 0.6) is 0 Å². The number of likely N-dealkylation sites (N-methyl/N-ethyl adjacent to an activating group) is 1. The summed E-state index contributed by atoms with van der Waals surface area (Å²) < 4.78 is 0. The smallest absolute Gasteiger partial charge is 0.254 e. The Morgan fingerprint density at radius 1 is 1.44 bits per heavy atom. The highest BCUT2D eigenvalue weighted by Gasteiger charge is 2.26. The highest BCUT2D eigenvalue weighted by molar-refractivity contribution is 8.00. The van der Waals surface area contributed by atoms with Crippen LogP contribution in [0.4, 0.5) is 5.69 Å². The van der Waals surface area contributed by atoms with Crippen molar-refractivity contribution in [2.24, 2.45) is 0 Å². The summed E-state index contributed by atoms with van der Waals surface area (Å²) in [5.41, 5.74) is 2.58. The number of benzene rings is 1. The summed E-state index contributed by atoms with van der Waals surface area (Å²) in [6.07, 6.45) is 3.09. The number of carbonyl (C=O) groups excluding carboxylic acids is 2. The van der Waals surface area contributed by atoms with Crippen LogP contribution in [0.3, 0.4) is 0 Å². The Bertz CT molecular complexity index is 616. The minimum absolute atomic E-state index is 0.0881. The van der Waals surface area contributed by atoms with E-state index in [4.69, 9.17) is 0 Å². The molecule has 1 heterocycles. The summed E-state index contributed by atoms with van der Waals surface area (Å²) >= 11 is 1.51. The lowest BCUT2D eigenvalue weighted by Crippen LogP contribution is -2.48. The van der Waals surface area contributed by atoms with Gasteiger partial charge in [-0.15, -0.1) is 11.8 Å². The van der Waals surface area contributed by atoms with Gasteiger partial charge in [0.2, 0.25) is 0 Å². The molecule has 5 nitrogen and oxygen atoms in total. The molecule has 0 saturated carbocycles. The standard InChI is InChI=1S/C19H29N3O2S.C2H6/c1-5-22(15-7-6-8-21-11-15)19(24)16-10-17(20-4)18(9-13(16)2)25-14(3)12-23;1-2/h9-10,12,14-15,20-21H,5-8,11H2,1-4H3;1-2H3/t14?,15-;/m1./s1. The third kappa shape index (κ3) is 6.25. The lowest BCUT2D eigenvalue weighted by molar-refractivity contribution is -0.107. The van der Waals surface area contributed by atoms with Crippen LogP contribution in [0, 0.1) is 6.92 Å². The van der Waals surface area contributed by atoms with Gasteiger partial charge in [0.15, 0.2) is 0 Å². The SMILES string of the molecule is CC.CCN(C(=O)c1cc(NC)c(SC(C)C=O)cc1C)[C@@H]1CCCNC1. The largest absolute Gasteiger partial charge is 0.387 e. The number of piperidine rings is 1. The van der Waals surface area contributed by atoms with Gasteiger partial charge in [-0.25, -0.2) is 0 Å². The molecule has 152 valence electrons. The molecule has 1 amide bonds. The maximum atomic E-state index is 13.2. The summed E-state index contributed by atoms with van der Waals surface area (Å²) in [5, 5.41) is 6.43. The first-order valence-electron chi connectivity index (χ1n) is 9.97. The third-order valence-corrected chi connectivity index (χ3v) is 5.72.